The van der Waals surface area contributed by atoms with Crippen LogP contribution in [0.1, 0.15) is 0 Å². The van der Waals surface area contributed by atoms with E-state index in [9.17, 15) is 0 Å². The van der Waals surface area contributed by atoms with Crippen LogP contribution in [-0.4, -0.2) is 0 Å². The van der Waals surface area contributed by atoms with Gasteiger partial charge in [-0.05, 0) is 97.8 Å². The monoisotopic (exact) mass is 558 g/mol. The number of furan rings is 1. The quantitative estimate of drug-likeness (QED) is 0.260. The highest BCUT2D eigenvalue weighted by Gasteiger charge is 2.17. The number of rotatable bonds is 0. The van der Waals surface area contributed by atoms with Crippen LogP contribution < -0.4 is 0 Å². The molecule has 1 aromatic heterocycles. The molecule has 0 saturated heterocycles. The Bertz CT molecular complexity index is 790. The number of hydrogen-bond acceptors (Lipinski definition) is 1. The van der Waals surface area contributed by atoms with Crippen molar-refractivity contribution in [2.75, 3.05) is 0 Å². The summed E-state index contributed by atoms with van der Waals surface area (Å²) in [5.74, 6) is 0. The van der Waals surface area contributed by atoms with Crippen LogP contribution in [0.15, 0.2) is 45.0 Å². The molecule has 3 aromatic rings. The zero-order chi connectivity index (χ0) is 13.0. The van der Waals surface area contributed by atoms with Crippen molar-refractivity contribution in [3.63, 3.8) is 0 Å². The van der Waals surface area contributed by atoms with Crippen molar-refractivity contribution in [3.8, 4) is 0 Å². The molecular weight excluding hydrogens is 560 g/mol. The molecule has 18 heavy (non-hydrogen) atoms. The second-order valence-electron chi connectivity index (χ2n) is 3.70. The number of halogens is 5. The van der Waals surface area contributed by atoms with Gasteiger partial charge in [0.1, 0.15) is 0 Å². The normalized spacial score (nSPS) is 11.6. The molecule has 0 fully saturated rings. The predicted molar refractivity (Wildman–Crippen MR) is 92.2 cm³/mol. The topological polar surface area (TPSA) is 13.1 Å². The molecule has 92 valence electrons. The minimum absolute atomic E-state index is 0.832. The molecule has 3 rings (SSSR count). The molecule has 1 nitrogen and oxygen atoms in total. The molecule has 0 atom stereocenters. The van der Waals surface area contributed by atoms with Gasteiger partial charge in [-0.25, -0.2) is 0 Å². The first-order chi connectivity index (χ1) is 8.50. The van der Waals surface area contributed by atoms with Crippen LogP contribution in [0.25, 0.3) is 21.9 Å². The Morgan fingerprint density at radius 3 is 2.06 bits per heavy atom. The first kappa shape index (κ1) is 13.6. The average Bonchev–Trinajstić information content (AvgIpc) is 2.71. The van der Waals surface area contributed by atoms with Crippen LogP contribution in [-0.2, 0) is 0 Å². The largest absolute Gasteiger partial charge is 0.454 e. The molecule has 1 heterocycles. The maximum absolute atomic E-state index is 5.96. The fourth-order valence-corrected chi connectivity index (χ4v) is 4.06. The number of fused-ring (bicyclic) bond motifs is 3. The summed E-state index contributed by atoms with van der Waals surface area (Å²) in [4.78, 5) is 0. The van der Waals surface area contributed by atoms with Gasteiger partial charge in [-0.3, -0.25) is 0 Å². The van der Waals surface area contributed by atoms with Gasteiger partial charge in [0.25, 0.3) is 0 Å². The lowest BCUT2D eigenvalue weighted by molar-refractivity contribution is 0.664. The minimum atomic E-state index is 0.832. The average molecular weight is 563 g/mol. The van der Waals surface area contributed by atoms with E-state index in [1.165, 1.54) is 0 Å². The van der Waals surface area contributed by atoms with Gasteiger partial charge in [0.2, 0.25) is 0 Å². The molecule has 0 aliphatic rings. The lowest BCUT2D eigenvalue weighted by atomic mass is 10.1. The van der Waals surface area contributed by atoms with Crippen molar-refractivity contribution in [2.45, 2.75) is 0 Å². The van der Waals surface area contributed by atoms with E-state index in [-0.39, 0.29) is 0 Å². The van der Waals surface area contributed by atoms with Gasteiger partial charge in [-0.15, -0.1) is 0 Å². The van der Waals surface area contributed by atoms with Gasteiger partial charge >= 0.3 is 0 Å². The van der Waals surface area contributed by atoms with E-state index in [4.69, 9.17) is 4.42 Å². The van der Waals surface area contributed by atoms with E-state index in [0.717, 1.165) is 44.3 Å². The first-order valence-electron chi connectivity index (χ1n) is 4.84. The standard InChI is InChI=1S/C12H3Br5O/c13-6-2-1-4-5-3-7(14)8(15)10(17)12(5)18-11(4)9(6)16/h1-3H. The Morgan fingerprint density at radius 1 is 0.667 bits per heavy atom. The van der Waals surface area contributed by atoms with Gasteiger partial charge < -0.3 is 4.42 Å². The van der Waals surface area contributed by atoms with E-state index in [1.807, 2.05) is 12.1 Å². The summed E-state index contributed by atoms with van der Waals surface area (Å²) in [7, 11) is 0. The van der Waals surface area contributed by atoms with E-state index in [2.05, 4.69) is 85.7 Å². The fraction of sp³-hybridized carbons (Fsp3) is 0. The van der Waals surface area contributed by atoms with Crippen molar-refractivity contribution in [2.24, 2.45) is 0 Å². The smallest absolute Gasteiger partial charge is 0.150 e. The van der Waals surface area contributed by atoms with Crippen LogP contribution in [0.4, 0.5) is 0 Å². The fourth-order valence-electron chi connectivity index (χ4n) is 1.82. The summed E-state index contributed by atoms with van der Waals surface area (Å²) < 4.78 is 10.7. The van der Waals surface area contributed by atoms with Gasteiger partial charge in [0.05, 0.1) is 8.95 Å². The first-order valence-corrected chi connectivity index (χ1v) is 8.81. The van der Waals surface area contributed by atoms with E-state index in [1.54, 1.807) is 0 Å². The van der Waals surface area contributed by atoms with Gasteiger partial charge in [-0.2, -0.15) is 0 Å². The highest BCUT2D eigenvalue weighted by Crippen LogP contribution is 2.44. The lowest BCUT2D eigenvalue weighted by Gasteiger charge is -2.00. The summed E-state index contributed by atoms with van der Waals surface area (Å²) in [6.07, 6.45) is 0. The molecule has 0 spiro atoms. The minimum Gasteiger partial charge on any atom is -0.454 e. The van der Waals surface area contributed by atoms with Crippen LogP contribution in [0.5, 0.6) is 0 Å². The van der Waals surface area contributed by atoms with Crippen molar-refractivity contribution in [1.29, 1.82) is 0 Å². The zero-order valence-electron chi connectivity index (χ0n) is 8.53. The maximum Gasteiger partial charge on any atom is 0.150 e. The number of benzene rings is 2. The van der Waals surface area contributed by atoms with Crippen LogP contribution in [0.3, 0.4) is 0 Å². The highest BCUT2D eigenvalue weighted by molar-refractivity contribution is 9.14. The molecule has 0 saturated carbocycles. The number of hydrogen-bond donors (Lipinski definition) is 0. The summed E-state index contributed by atoms with van der Waals surface area (Å²) in [6, 6.07) is 6.10. The predicted octanol–water partition coefficient (Wildman–Crippen LogP) is 7.40. The van der Waals surface area contributed by atoms with Gasteiger partial charge in [0.15, 0.2) is 11.2 Å². The van der Waals surface area contributed by atoms with Crippen LogP contribution >= 0.6 is 79.6 Å². The van der Waals surface area contributed by atoms with E-state index >= 15 is 0 Å². The molecule has 2 aromatic carbocycles. The summed E-state index contributed by atoms with van der Waals surface area (Å²) in [5.41, 5.74) is 1.67. The Hall–Kier alpha value is 0.640. The third-order valence-electron chi connectivity index (χ3n) is 2.66. The summed E-state index contributed by atoms with van der Waals surface area (Å²) in [6.45, 7) is 0. The van der Waals surface area contributed by atoms with Crippen LogP contribution in [0, 0.1) is 0 Å². The molecule has 0 unspecified atom stereocenters. The SMILES string of the molecule is Brc1cc2c(oc3c(Br)c(Br)ccc32)c(Br)c1Br. The molecular formula is C12H3Br5O. The zero-order valence-corrected chi connectivity index (χ0v) is 16.5. The third kappa shape index (κ3) is 1.95. The van der Waals surface area contributed by atoms with Crippen molar-refractivity contribution < 1.29 is 4.42 Å². The Balaban J connectivity index is 2.59. The third-order valence-corrected chi connectivity index (χ3v) is 7.91. The summed E-state index contributed by atoms with van der Waals surface area (Å²) in [5, 5.41) is 2.15. The van der Waals surface area contributed by atoms with Crippen molar-refractivity contribution in [1.82, 2.24) is 0 Å². The van der Waals surface area contributed by atoms with Crippen LogP contribution in [0.2, 0.25) is 0 Å². The molecule has 0 radical (unpaired) electrons. The Morgan fingerprint density at radius 2 is 1.33 bits per heavy atom. The molecule has 0 amide bonds. The van der Waals surface area contributed by atoms with E-state index in [0.29, 0.717) is 0 Å². The Labute approximate surface area is 145 Å². The van der Waals surface area contributed by atoms with Crippen molar-refractivity contribution in [3.05, 3.63) is 40.6 Å². The second kappa shape index (κ2) is 4.88. The Kier molecular flexibility index (Phi) is 3.69. The lowest BCUT2D eigenvalue weighted by Crippen LogP contribution is -1.75. The molecule has 6 heteroatoms. The van der Waals surface area contributed by atoms with Gasteiger partial charge in [0, 0.05) is 24.2 Å². The van der Waals surface area contributed by atoms with E-state index < -0.39 is 0 Å². The summed E-state index contributed by atoms with van der Waals surface area (Å²) >= 11 is 17.6. The molecule has 0 aliphatic carbocycles. The second-order valence-corrected chi connectivity index (χ2v) is 7.79. The maximum atomic E-state index is 5.96. The molecule has 0 N–H and O–H groups in total. The van der Waals surface area contributed by atoms with Gasteiger partial charge in [-0.1, -0.05) is 0 Å². The van der Waals surface area contributed by atoms with Crippen molar-refractivity contribution >= 4 is 102 Å². The highest BCUT2D eigenvalue weighted by atomic mass is 79.9. The molecule has 0 aliphatic heterocycles. The molecule has 0 bridgehead atoms.